The van der Waals surface area contributed by atoms with Crippen molar-refractivity contribution in [3.63, 3.8) is 0 Å². The molecule has 0 amide bonds. The lowest BCUT2D eigenvalue weighted by molar-refractivity contribution is 0.0989. The highest BCUT2D eigenvalue weighted by molar-refractivity contribution is 5.58. The van der Waals surface area contributed by atoms with Gasteiger partial charge in [-0.05, 0) is 19.9 Å². The van der Waals surface area contributed by atoms with E-state index in [1.54, 1.807) is 18.5 Å². The fourth-order valence-electron chi connectivity index (χ4n) is 4.29. The summed E-state index contributed by atoms with van der Waals surface area (Å²) in [5.74, 6) is 1.18. The Morgan fingerprint density at radius 3 is 2.65 bits per heavy atom. The van der Waals surface area contributed by atoms with Crippen LogP contribution in [-0.4, -0.2) is 57.3 Å². The van der Waals surface area contributed by atoms with Crippen molar-refractivity contribution in [3.8, 4) is 11.6 Å². The molecule has 2 aliphatic rings. The Bertz CT molecular complexity index is 1080. The number of hydrogen-bond acceptors (Lipinski definition) is 8. The first-order chi connectivity index (χ1) is 15.1. The Labute approximate surface area is 180 Å². The van der Waals surface area contributed by atoms with Crippen LogP contribution in [0.5, 0.6) is 0 Å². The van der Waals surface area contributed by atoms with Crippen molar-refractivity contribution in [2.45, 2.75) is 32.4 Å². The smallest absolute Gasteiger partial charge is 0.216 e. The summed E-state index contributed by atoms with van der Waals surface area (Å²) in [6, 6.07) is 5.40. The zero-order valence-corrected chi connectivity index (χ0v) is 17.6. The fourth-order valence-corrected chi connectivity index (χ4v) is 4.29. The molecule has 0 saturated carbocycles. The van der Waals surface area contributed by atoms with Crippen molar-refractivity contribution in [1.29, 1.82) is 0 Å². The van der Waals surface area contributed by atoms with Crippen LogP contribution in [0, 0.1) is 5.95 Å². The highest BCUT2D eigenvalue weighted by atomic mass is 19.1. The van der Waals surface area contributed by atoms with E-state index < -0.39 is 5.95 Å². The van der Waals surface area contributed by atoms with Crippen molar-refractivity contribution >= 4 is 11.5 Å². The monoisotopic (exact) mass is 421 g/mol. The summed E-state index contributed by atoms with van der Waals surface area (Å²) in [5.41, 5.74) is 2.82. The molecule has 0 aliphatic carbocycles. The first-order valence-corrected chi connectivity index (χ1v) is 10.5. The number of rotatable bonds is 3. The highest BCUT2D eigenvalue weighted by Crippen LogP contribution is 2.34. The second-order valence-corrected chi connectivity index (χ2v) is 7.91. The molecule has 0 bridgehead atoms. The molecular weight excluding hydrogens is 397 g/mol. The van der Waals surface area contributed by atoms with Gasteiger partial charge in [0, 0.05) is 67.5 Å². The molecule has 2 atom stereocenters. The maximum atomic E-state index is 14.5. The van der Waals surface area contributed by atoms with Gasteiger partial charge in [-0.25, -0.2) is 24.9 Å². The van der Waals surface area contributed by atoms with Crippen LogP contribution in [0.2, 0.25) is 0 Å². The molecule has 3 aromatic rings. The Kier molecular flexibility index (Phi) is 5.19. The van der Waals surface area contributed by atoms with Crippen LogP contribution in [0.3, 0.4) is 0 Å². The van der Waals surface area contributed by atoms with Crippen LogP contribution in [0.25, 0.3) is 11.6 Å². The summed E-state index contributed by atoms with van der Waals surface area (Å²) in [6.07, 6.45) is 5.90. The number of fused-ring (bicyclic) bond motifs is 1. The second-order valence-electron chi connectivity index (χ2n) is 7.91. The topological polar surface area (TPSA) is 80.2 Å². The Hall–Kier alpha value is -3.20. The van der Waals surface area contributed by atoms with Gasteiger partial charge >= 0.3 is 0 Å². The van der Waals surface area contributed by atoms with Gasteiger partial charge in [-0.3, -0.25) is 0 Å². The molecule has 0 aromatic carbocycles. The molecule has 3 aromatic heterocycles. The van der Waals surface area contributed by atoms with Crippen LogP contribution >= 0.6 is 0 Å². The summed E-state index contributed by atoms with van der Waals surface area (Å²) in [7, 11) is 0. The molecule has 0 spiro atoms. The molecule has 0 radical (unpaired) electrons. The highest BCUT2D eigenvalue weighted by Gasteiger charge is 2.29. The van der Waals surface area contributed by atoms with Gasteiger partial charge in [-0.2, -0.15) is 4.39 Å². The van der Waals surface area contributed by atoms with E-state index in [1.807, 2.05) is 12.3 Å². The van der Waals surface area contributed by atoms with Crippen molar-refractivity contribution in [1.82, 2.24) is 24.9 Å². The Morgan fingerprint density at radius 2 is 1.84 bits per heavy atom. The SMILES string of the molecule is CC1COCCN1c1cc(F)nc(N2CCc3nc(-c4ncccn4)ncc3C2C)c1. The van der Waals surface area contributed by atoms with Gasteiger partial charge in [0.15, 0.2) is 11.6 Å². The van der Waals surface area contributed by atoms with Crippen LogP contribution in [0.15, 0.2) is 36.8 Å². The van der Waals surface area contributed by atoms with Crippen molar-refractivity contribution < 1.29 is 9.13 Å². The van der Waals surface area contributed by atoms with E-state index >= 15 is 0 Å². The average Bonchev–Trinajstić information content (AvgIpc) is 2.79. The van der Waals surface area contributed by atoms with E-state index in [0.29, 0.717) is 43.6 Å². The summed E-state index contributed by atoms with van der Waals surface area (Å²) in [4.78, 5) is 26.2. The number of anilines is 2. The minimum Gasteiger partial charge on any atom is -0.377 e. The van der Waals surface area contributed by atoms with Gasteiger partial charge in [-0.1, -0.05) is 0 Å². The lowest BCUT2D eigenvalue weighted by atomic mass is 9.99. The largest absolute Gasteiger partial charge is 0.377 e. The molecule has 31 heavy (non-hydrogen) atoms. The number of nitrogens with zero attached hydrogens (tertiary/aromatic N) is 7. The van der Waals surface area contributed by atoms with Gasteiger partial charge in [0.25, 0.3) is 0 Å². The van der Waals surface area contributed by atoms with Crippen molar-refractivity contribution in [3.05, 3.63) is 54.0 Å². The maximum absolute atomic E-state index is 14.5. The third-order valence-electron chi connectivity index (χ3n) is 5.93. The normalized spacial score (nSPS) is 21.1. The van der Waals surface area contributed by atoms with Crippen LogP contribution in [0.4, 0.5) is 15.9 Å². The first-order valence-electron chi connectivity index (χ1n) is 10.5. The van der Waals surface area contributed by atoms with Crippen molar-refractivity contribution in [2.75, 3.05) is 36.1 Å². The third kappa shape index (κ3) is 3.81. The second kappa shape index (κ2) is 8.14. The molecular formula is C22H24FN7O. The number of hydrogen-bond donors (Lipinski definition) is 0. The van der Waals surface area contributed by atoms with E-state index in [4.69, 9.17) is 9.72 Å². The summed E-state index contributed by atoms with van der Waals surface area (Å²) >= 11 is 0. The van der Waals surface area contributed by atoms with Crippen LogP contribution in [-0.2, 0) is 11.2 Å². The Morgan fingerprint density at radius 1 is 1.00 bits per heavy atom. The Balaban J connectivity index is 1.44. The third-order valence-corrected chi connectivity index (χ3v) is 5.93. The summed E-state index contributed by atoms with van der Waals surface area (Å²) in [5, 5.41) is 0. The summed E-state index contributed by atoms with van der Waals surface area (Å²) in [6.45, 7) is 6.86. The van der Waals surface area contributed by atoms with Gasteiger partial charge in [0.1, 0.15) is 5.82 Å². The molecule has 9 heteroatoms. The number of ether oxygens (including phenoxy) is 1. The fraction of sp³-hybridized carbons (Fsp3) is 0.409. The number of morpholine rings is 1. The van der Waals surface area contributed by atoms with E-state index in [2.05, 4.69) is 43.6 Å². The average molecular weight is 421 g/mol. The quantitative estimate of drug-likeness (QED) is 0.598. The zero-order chi connectivity index (χ0) is 21.4. The molecule has 5 rings (SSSR count). The minimum atomic E-state index is -0.475. The maximum Gasteiger partial charge on any atom is 0.216 e. The van der Waals surface area contributed by atoms with Gasteiger partial charge in [0.2, 0.25) is 5.95 Å². The molecule has 1 saturated heterocycles. The van der Waals surface area contributed by atoms with Gasteiger partial charge in [0.05, 0.1) is 24.9 Å². The molecule has 2 unspecified atom stereocenters. The number of aromatic nitrogens is 5. The lowest BCUT2D eigenvalue weighted by Crippen LogP contribution is -2.44. The molecule has 2 aliphatic heterocycles. The van der Waals surface area contributed by atoms with Crippen LogP contribution in [0.1, 0.15) is 31.1 Å². The zero-order valence-electron chi connectivity index (χ0n) is 17.6. The summed E-state index contributed by atoms with van der Waals surface area (Å²) < 4.78 is 20.0. The van der Waals surface area contributed by atoms with E-state index in [-0.39, 0.29) is 12.1 Å². The molecule has 1 fully saturated rings. The lowest BCUT2D eigenvalue weighted by Gasteiger charge is -2.38. The standard InChI is InChI=1S/C22H24FN7O/c1-14-13-31-9-8-29(14)16-10-19(23)28-20(11-16)30-7-4-18-17(15(30)2)12-26-22(27-18)21-24-5-3-6-25-21/h3,5-6,10-12,14-15H,4,7-9,13H2,1-2H3. The van der Waals surface area contributed by atoms with Crippen LogP contribution < -0.4 is 9.80 Å². The predicted molar refractivity (Wildman–Crippen MR) is 114 cm³/mol. The first kappa shape index (κ1) is 19.7. The van der Waals surface area contributed by atoms with E-state index in [1.165, 1.54) is 6.07 Å². The minimum absolute atomic E-state index is 0.0289. The molecule has 0 N–H and O–H groups in total. The predicted octanol–water partition coefficient (Wildman–Crippen LogP) is 2.82. The van der Waals surface area contributed by atoms with E-state index in [0.717, 1.165) is 23.5 Å². The molecule has 5 heterocycles. The van der Waals surface area contributed by atoms with Crippen molar-refractivity contribution in [2.24, 2.45) is 0 Å². The van der Waals surface area contributed by atoms with E-state index in [9.17, 15) is 4.39 Å². The molecule has 160 valence electrons. The number of pyridine rings is 1. The van der Waals surface area contributed by atoms with Gasteiger partial charge in [-0.15, -0.1) is 0 Å². The molecule has 8 nitrogen and oxygen atoms in total. The van der Waals surface area contributed by atoms with Gasteiger partial charge < -0.3 is 14.5 Å². The number of halogens is 1.